The molecule has 0 atom stereocenters. The lowest BCUT2D eigenvalue weighted by atomic mass is 10.1. The van der Waals surface area contributed by atoms with E-state index in [-0.39, 0.29) is 37.8 Å². The molecule has 0 saturated carbocycles. The molecule has 0 spiro atoms. The van der Waals surface area contributed by atoms with Gasteiger partial charge in [-0.2, -0.15) is 0 Å². The van der Waals surface area contributed by atoms with Crippen LogP contribution in [0.25, 0.3) is 0 Å². The van der Waals surface area contributed by atoms with Crippen molar-refractivity contribution in [1.29, 1.82) is 0 Å². The average Bonchev–Trinajstić information content (AvgIpc) is 2.91. The van der Waals surface area contributed by atoms with E-state index in [0.717, 1.165) is 10.5 Å². The lowest BCUT2D eigenvalue weighted by Gasteiger charge is -2.13. The molecule has 2 aromatic rings. The lowest BCUT2D eigenvalue weighted by Crippen LogP contribution is -2.31. The number of aryl methyl sites for hydroxylation is 1. The van der Waals surface area contributed by atoms with Gasteiger partial charge in [-0.1, -0.05) is 29.8 Å². The normalized spacial score (nSPS) is 12.7. The van der Waals surface area contributed by atoms with Gasteiger partial charge < -0.3 is 10.1 Å². The number of carbonyl (C=O) groups is 4. The largest absolute Gasteiger partial charge is 0.456 e. The van der Waals surface area contributed by atoms with Crippen LogP contribution in [0.15, 0.2) is 48.5 Å². The molecular formula is C21H20N2O5. The van der Waals surface area contributed by atoms with E-state index in [0.29, 0.717) is 16.8 Å². The minimum Gasteiger partial charge on any atom is -0.456 e. The average molecular weight is 380 g/mol. The number of esters is 1. The minimum absolute atomic E-state index is 0.00501. The summed E-state index contributed by atoms with van der Waals surface area (Å²) in [7, 11) is 0. The summed E-state index contributed by atoms with van der Waals surface area (Å²) in [6, 6.07) is 14.0. The van der Waals surface area contributed by atoms with Gasteiger partial charge >= 0.3 is 5.97 Å². The zero-order valence-electron chi connectivity index (χ0n) is 15.4. The van der Waals surface area contributed by atoms with Crippen LogP contribution in [0.3, 0.4) is 0 Å². The maximum absolute atomic E-state index is 12.4. The summed E-state index contributed by atoms with van der Waals surface area (Å²) in [6.45, 7) is 1.58. The van der Waals surface area contributed by atoms with Crippen LogP contribution in [0.5, 0.6) is 0 Å². The zero-order valence-corrected chi connectivity index (χ0v) is 15.4. The highest BCUT2D eigenvalue weighted by Gasteiger charge is 2.34. The van der Waals surface area contributed by atoms with Gasteiger partial charge in [-0.15, -0.1) is 0 Å². The van der Waals surface area contributed by atoms with Crippen molar-refractivity contribution in [2.75, 3.05) is 18.5 Å². The van der Waals surface area contributed by atoms with Crippen molar-refractivity contribution in [2.24, 2.45) is 0 Å². The van der Waals surface area contributed by atoms with Gasteiger partial charge in [0.2, 0.25) is 0 Å². The molecule has 0 radical (unpaired) electrons. The number of para-hydroxylation sites is 1. The first-order valence-corrected chi connectivity index (χ1v) is 8.93. The molecule has 144 valence electrons. The number of ether oxygens (including phenoxy) is 1. The van der Waals surface area contributed by atoms with Gasteiger partial charge in [0.05, 0.1) is 11.1 Å². The van der Waals surface area contributed by atoms with Crippen molar-refractivity contribution >= 4 is 29.4 Å². The molecule has 0 saturated heterocycles. The van der Waals surface area contributed by atoms with Gasteiger partial charge in [-0.25, -0.2) is 0 Å². The number of anilines is 1. The van der Waals surface area contributed by atoms with Crippen LogP contribution in [0.4, 0.5) is 5.69 Å². The fourth-order valence-corrected chi connectivity index (χ4v) is 2.93. The predicted molar refractivity (Wildman–Crippen MR) is 102 cm³/mol. The molecule has 1 aliphatic heterocycles. The molecule has 7 heteroatoms. The van der Waals surface area contributed by atoms with Crippen LogP contribution < -0.4 is 5.32 Å². The Morgan fingerprint density at radius 2 is 1.71 bits per heavy atom. The molecule has 0 unspecified atom stereocenters. The second kappa shape index (κ2) is 8.47. The summed E-state index contributed by atoms with van der Waals surface area (Å²) < 4.78 is 4.93. The standard InChI is InChI=1S/C21H20N2O5/c1-14-9-10-16-17(12-14)21(27)23(20(16)26)11-5-8-19(25)28-13-18(24)22-15-6-3-2-4-7-15/h2-4,6-7,9-10,12H,5,8,11,13H2,1H3,(H,22,24). The quantitative estimate of drug-likeness (QED) is 0.589. The first-order valence-electron chi connectivity index (χ1n) is 8.93. The third kappa shape index (κ3) is 4.43. The van der Waals surface area contributed by atoms with E-state index in [2.05, 4.69) is 5.32 Å². The highest BCUT2D eigenvalue weighted by molar-refractivity contribution is 6.21. The Balaban J connectivity index is 1.41. The molecule has 0 bridgehead atoms. The maximum atomic E-state index is 12.4. The number of amides is 3. The summed E-state index contributed by atoms with van der Waals surface area (Å²) in [5.41, 5.74) is 2.30. The molecule has 1 N–H and O–H groups in total. The molecule has 28 heavy (non-hydrogen) atoms. The SMILES string of the molecule is Cc1ccc2c(c1)C(=O)N(CCCC(=O)OCC(=O)Nc1ccccc1)C2=O. The summed E-state index contributed by atoms with van der Waals surface area (Å²) in [5.74, 6) is -1.69. The number of imide groups is 1. The number of rotatable bonds is 7. The topological polar surface area (TPSA) is 92.8 Å². The molecule has 0 fully saturated rings. The molecule has 1 heterocycles. The number of hydrogen-bond acceptors (Lipinski definition) is 5. The number of benzene rings is 2. The molecule has 3 amide bonds. The second-order valence-corrected chi connectivity index (χ2v) is 6.49. The number of carbonyl (C=O) groups excluding carboxylic acids is 4. The van der Waals surface area contributed by atoms with E-state index < -0.39 is 11.9 Å². The van der Waals surface area contributed by atoms with E-state index in [9.17, 15) is 19.2 Å². The van der Waals surface area contributed by atoms with Crippen LogP contribution in [0, 0.1) is 6.92 Å². The first-order chi connectivity index (χ1) is 13.5. The summed E-state index contributed by atoms with van der Waals surface area (Å²) in [4.78, 5) is 49.4. The minimum atomic E-state index is -0.560. The Kier molecular flexibility index (Phi) is 5.84. The summed E-state index contributed by atoms with van der Waals surface area (Å²) in [6.07, 6.45) is 0.272. The van der Waals surface area contributed by atoms with Crippen molar-refractivity contribution in [3.05, 3.63) is 65.2 Å². The number of nitrogens with one attached hydrogen (secondary N) is 1. The van der Waals surface area contributed by atoms with E-state index >= 15 is 0 Å². The Hall–Kier alpha value is -3.48. The summed E-state index contributed by atoms with van der Waals surface area (Å²) in [5, 5.41) is 2.61. The van der Waals surface area contributed by atoms with Gasteiger partial charge in [0, 0.05) is 18.7 Å². The van der Waals surface area contributed by atoms with Gasteiger partial charge in [0.15, 0.2) is 6.61 Å². The fourth-order valence-electron chi connectivity index (χ4n) is 2.93. The van der Waals surface area contributed by atoms with Crippen LogP contribution in [-0.4, -0.2) is 41.7 Å². The second-order valence-electron chi connectivity index (χ2n) is 6.49. The molecule has 0 aromatic heterocycles. The fraction of sp³-hybridized carbons (Fsp3) is 0.238. The highest BCUT2D eigenvalue weighted by atomic mass is 16.5. The highest BCUT2D eigenvalue weighted by Crippen LogP contribution is 2.24. The molecular weight excluding hydrogens is 360 g/mol. The van der Waals surface area contributed by atoms with E-state index in [4.69, 9.17) is 4.74 Å². The smallest absolute Gasteiger partial charge is 0.306 e. The predicted octanol–water partition coefficient (Wildman–Crippen LogP) is 2.55. The van der Waals surface area contributed by atoms with Crippen LogP contribution in [-0.2, 0) is 14.3 Å². The van der Waals surface area contributed by atoms with Gasteiger partial charge in [-0.05, 0) is 37.6 Å². The Morgan fingerprint density at radius 1 is 1.00 bits per heavy atom. The monoisotopic (exact) mass is 380 g/mol. The van der Waals surface area contributed by atoms with Crippen molar-refractivity contribution in [3.63, 3.8) is 0 Å². The third-order valence-electron chi connectivity index (χ3n) is 4.31. The molecule has 3 rings (SSSR count). The van der Waals surface area contributed by atoms with E-state index in [1.54, 1.807) is 42.5 Å². The number of nitrogens with zero attached hydrogens (tertiary/aromatic N) is 1. The molecule has 2 aromatic carbocycles. The van der Waals surface area contributed by atoms with Crippen LogP contribution in [0.1, 0.15) is 39.1 Å². The Labute approximate surface area is 162 Å². The Morgan fingerprint density at radius 3 is 2.46 bits per heavy atom. The first kappa shape index (κ1) is 19.3. The van der Waals surface area contributed by atoms with Crippen LogP contribution >= 0.6 is 0 Å². The van der Waals surface area contributed by atoms with Crippen molar-refractivity contribution in [1.82, 2.24) is 4.90 Å². The Bertz CT molecular complexity index is 924. The third-order valence-corrected chi connectivity index (χ3v) is 4.31. The molecule has 1 aliphatic rings. The molecule has 7 nitrogen and oxygen atoms in total. The zero-order chi connectivity index (χ0) is 20.1. The van der Waals surface area contributed by atoms with Gasteiger partial charge in [0.1, 0.15) is 0 Å². The lowest BCUT2D eigenvalue weighted by molar-refractivity contribution is -0.147. The van der Waals surface area contributed by atoms with Gasteiger partial charge in [0.25, 0.3) is 17.7 Å². The van der Waals surface area contributed by atoms with E-state index in [1.807, 2.05) is 13.0 Å². The van der Waals surface area contributed by atoms with Gasteiger partial charge in [-0.3, -0.25) is 24.1 Å². The number of fused-ring (bicyclic) bond motifs is 1. The van der Waals surface area contributed by atoms with Crippen molar-refractivity contribution in [2.45, 2.75) is 19.8 Å². The van der Waals surface area contributed by atoms with Crippen LogP contribution in [0.2, 0.25) is 0 Å². The summed E-state index contributed by atoms with van der Waals surface area (Å²) >= 11 is 0. The molecule has 0 aliphatic carbocycles. The number of hydrogen-bond donors (Lipinski definition) is 1. The van der Waals surface area contributed by atoms with Crippen molar-refractivity contribution < 1.29 is 23.9 Å². The van der Waals surface area contributed by atoms with Crippen molar-refractivity contribution in [3.8, 4) is 0 Å². The maximum Gasteiger partial charge on any atom is 0.306 e. The van der Waals surface area contributed by atoms with E-state index in [1.165, 1.54) is 0 Å².